The summed E-state index contributed by atoms with van der Waals surface area (Å²) in [4.78, 5) is 16.2. The van der Waals surface area contributed by atoms with Crippen LogP contribution in [0.1, 0.15) is 5.82 Å². The van der Waals surface area contributed by atoms with E-state index in [1.807, 2.05) is 17.7 Å². The zero-order chi connectivity index (χ0) is 10.6. The number of carboxylic acid groups (broad SMARTS) is 1. The van der Waals surface area contributed by atoms with Crippen LogP contribution < -0.4 is 0 Å². The molecule has 1 aromatic heterocycles. The quantitative estimate of drug-likeness (QED) is 0.733. The first-order valence-electron chi connectivity index (χ1n) is 4.47. The van der Waals surface area contributed by atoms with Crippen LogP contribution in [0.5, 0.6) is 0 Å². The number of aromatic nitrogens is 2. The molecule has 1 N–H and O–H groups in total. The topological polar surface area (TPSA) is 58.4 Å². The van der Waals surface area contributed by atoms with Crippen molar-refractivity contribution in [3.63, 3.8) is 0 Å². The number of rotatable bonds is 5. The highest BCUT2D eigenvalue weighted by molar-refractivity contribution is 5.68. The Labute approximate surface area is 83.0 Å². The first-order chi connectivity index (χ1) is 6.59. The van der Waals surface area contributed by atoms with Crippen molar-refractivity contribution in [2.24, 2.45) is 0 Å². The molecule has 1 heterocycles. The van der Waals surface area contributed by atoms with Gasteiger partial charge in [0, 0.05) is 25.5 Å². The lowest BCUT2D eigenvalue weighted by Crippen LogP contribution is -2.29. The lowest BCUT2D eigenvalue weighted by atomic mass is 10.5. The molecule has 14 heavy (non-hydrogen) atoms. The third-order valence-electron chi connectivity index (χ3n) is 2.05. The maximum atomic E-state index is 10.4. The van der Waals surface area contributed by atoms with Gasteiger partial charge in [-0.15, -0.1) is 0 Å². The number of aliphatic carboxylic acids is 1. The van der Waals surface area contributed by atoms with Gasteiger partial charge in [-0.05, 0) is 14.0 Å². The summed E-state index contributed by atoms with van der Waals surface area (Å²) in [6, 6.07) is 0. The highest BCUT2D eigenvalue weighted by Gasteiger charge is 2.04. The van der Waals surface area contributed by atoms with Gasteiger partial charge in [0.25, 0.3) is 0 Å². The number of carbonyl (C=O) groups is 1. The number of likely N-dealkylation sites (N-methyl/N-ethyl adjacent to an activating group) is 1. The summed E-state index contributed by atoms with van der Waals surface area (Å²) >= 11 is 0. The van der Waals surface area contributed by atoms with E-state index in [2.05, 4.69) is 4.98 Å². The van der Waals surface area contributed by atoms with Crippen molar-refractivity contribution in [2.75, 3.05) is 20.1 Å². The van der Waals surface area contributed by atoms with Gasteiger partial charge in [-0.1, -0.05) is 0 Å². The first-order valence-corrected chi connectivity index (χ1v) is 4.47. The van der Waals surface area contributed by atoms with Crippen LogP contribution in [-0.4, -0.2) is 45.7 Å². The number of carboxylic acids is 1. The molecule has 0 saturated heterocycles. The molecule has 0 aliphatic rings. The van der Waals surface area contributed by atoms with Crippen LogP contribution >= 0.6 is 0 Å². The Morgan fingerprint density at radius 2 is 2.43 bits per heavy atom. The van der Waals surface area contributed by atoms with E-state index < -0.39 is 5.97 Å². The fourth-order valence-corrected chi connectivity index (χ4v) is 1.23. The average Bonchev–Trinajstić information content (AvgIpc) is 2.46. The van der Waals surface area contributed by atoms with Crippen LogP contribution in [0.3, 0.4) is 0 Å². The van der Waals surface area contributed by atoms with Gasteiger partial charge < -0.3 is 9.67 Å². The molecule has 1 aromatic rings. The number of hydrogen-bond acceptors (Lipinski definition) is 3. The molecule has 0 fully saturated rings. The Hall–Kier alpha value is -1.36. The van der Waals surface area contributed by atoms with Crippen molar-refractivity contribution < 1.29 is 9.90 Å². The Morgan fingerprint density at radius 1 is 1.71 bits per heavy atom. The highest BCUT2D eigenvalue weighted by atomic mass is 16.4. The molecule has 0 aromatic carbocycles. The van der Waals surface area contributed by atoms with Crippen LogP contribution in [-0.2, 0) is 11.3 Å². The second-order valence-corrected chi connectivity index (χ2v) is 3.30. The van der Waals surface area contributed by atoms with Gasteiger partial charge in [0.1, 0.15) is 5.82 Å². The summed E-state index contributed by atoms with van der Waals surface area (Å²) in [6.45, 7) is 3.49. The summed E-state index contributed by atoms with van der Waals surface area (Å²) in [5, 5.41) is 8.53. The lowest BCUT2D eigenvalue weighted by Gasteiger charge is -2.14. The van der Waals surface area contributed by atoms with Crippen LogP contribution in [0, 0.1) is 6.92 Å². The van der Waals surface area contributed by atoms with Gasteiger partial charge in [-0.2, -0.15) is 0 Å². The van der Waals surface area contributed by atoms with Gasteiger partial charge >= 0.3 is 5.97 Å². The smallest absolute Gasteiger partial charge is 0.317 e. The molecule has 0 amide bonds. The van der Waals surface area contributed by atoms with E-state index >= 15 is 0 Å². The van der Waals surface area contributed by atoms with Gasteiger partial charge in [0.2, 0.25) is 0 Å². The molecule has 5 nitrogen and oxygen atoms in total. The van der Waals surface area contributed by atoms with E-state index in [-0.39, 0.29) is 6.54 Å². The summed E-state index contributed by atoms with van der Waals surface area (Å²) in [7, 11) is 1.79. The molecule has 0 atom stereocenters. The maximum Gasteiger partial charge on any atom is 0.317 e. The average molecular weight is 197 g/mol. The fraction of sp³-hybridized carbons (Fsp3) is 0.556. The van der Waals surface area contributed by atoms with Gasteiger partial charge in [-0.3, -0.25) is 9.69 Å². The van der Waals surface area contributed by atoms with E-state index in [0.717, 1.165) is 12.4 Å². The van der Waals surface area contributed by atoms with Gasteiger partial charge in [-0.25, -0.2) is 4.98 Å². The molecule has 78 valence electrons. The standard InChI is InChI=1S/C9H15N3O2/c1-8-10-3-4-12(8)6-5-11(2)7-9(13)14/h3-4H,5-7H2,1-2H3,(H,13,14). The fourth-order valence-electron chi connectivity index (χ4n) is 1.23. The second kappa shape index (κ2) is 4.76. The number of aryl methyl sites for hydroxylation is 1. The maximum absolute atomic E-state index is 10.4. The first kappa shape index (κ1) is 10.7. The Kier molecular flexibility index (Phi) is 3.64. The number of hydrogen-bond donors (Lipinski definition) is 1. The molecule has 0 bridgehead atoms. The van der Waals surface area contributed by atoms with E-state index in [1.165, 1.54) is 0 Å². The third-order valence-corrected chi connectivity index (χ3v) is 2.05. The molecular weight excluding hydrogens is 182 g/mol. The molecule has 0 unspecified atom stereocenters. The molecule has 5 heteroatoms. The van der Waals surface area contributed by atoms with Crippen LogP contribution in [0.4, 0.5) is 0 Å². The van der Waals surface area contributed by atoms with Gasteiger partial charge in [0.15, 0.2) is 0 Å². The molecule has 0 saturated carbocycles. The second-order valence-electron chi connectivity index (χ2n) is 3.30. The van der Waals surface area contributed by atoms with Crippen molar-refractivity contribution in [1.29, 1.82) is 0 Å². The summed E-state index contributed by atoms with van der Waals surface area (Å²) in [5.41, 5.74) is 0. The largest absolute Gasteiger partial charge is 0.480 e. The zero-order valence-corrected chi connectivity index (χ0v) is 8.47. The van der Waals surface area contributed by atoms with Crippen LogP contribution in [0.25, 0.3) is 0 Å². The molecule has 0 spiro atoms. The van der Waals surface area contributed by atoms with E-state index in [1.54, 1.807) is 18.1 Å². The van der Waals surface area contributed by atoms with E-state index in [9.17, 15) is 4.79 Å². The molecular formula is C9H15N3O2. The number of nitrogens with zero attached hydrogens (tertiary/aromatic N) is 3. The van der Waals surface area contributed by atoms with Gasteiger partial charge in [0.05, 0.1) is 6.54 Å². The summed E-state index contributed by atoms with van der Waals surface area (Å²) < 4.78 is 2.00. The molecule has 0 radical (unpaired) electrons. The SMILES string of the molecule is Cc1nccn1CCN(C)CC(=O)O. The van der Waals surface area contributed by atoms with Crippen LogP contribution in [0.2, 0.25) is 0 Å². The monoisotopic (exact) mass is 197 g/mol. The van der Waals surface area contributed by atoms with Crippen molar-refractivity contribution in [3.8, 4) is 0 Å². The highest BCUT2D eigenvalue weighted by Crippen LogP contribution is 1.95. The Bertz CT molecular complexity index is 309. The summed E-state index contributed by atoms with van der Waals surface area (Å²) in [6.07, 6.45) is 3.64. The summed E-state index contributed by atoms with van der Waals surface area (Å²) in [5.74, 6) is 0.156. The van der Waals surface area contributed by atoms with E-state index in [4.69, 9.17) is 5.11 Å². The predicted octanol–water partition coefficient (Wildman–Crippen LogP) is 0.208. The predicted molar refractivity (Wildman–Crippen MR) is 52.1 cm³/mol. The Morgan fingerprint density at radius 3 is 2.93 bits per heavy atom. The third kappa shape index (κ3) is 3.18. The van der Waals surface area contributed by atoms with Crippen molar-refractivity contribution >= 4 is 5.97 Å². The zero-order valence-electron chi connectivity index (χ0n) is 8.47. The van der Waals surface area contributed by atoms with Crippen molar-refractivity contribution in [3.05, 3.63) is 18.2 Å². The Balaban J connectivity index is 2.34. The molecule has 0 aliphatic carbocycles. The molecule has 0 aliphatic heterocycles. The van der Waals surface area contributed by atoms with E-state index in [0.29, 0.717) is 6.54 Å². The normalized spacial score (nSPS) is 10.8. The minimum absolute atomic E-state index is 0.0771. The van der Waals surface area contributed by atoms with Crippen molar-refractivity contribution in [2.45, 2.75) is 13.5 Å². The lowest BCUT2D eigenvalue weighted by molar-refractivity contribution is -0.138. The minimum atomic E-state index is -0.796. The minimum Gasteiger partial charge on any atom is -0.480 e. The number of imidazole rings is 1. The van der Waals surface area contributed by atoms with Crippen molar-refractivity contribution in [1.82, 2.24) is 14.5 Å². The molecule has 1 rings (SSSR count). The van der Waals surface area contributed by atoms with Crippen LogP contribution in [0.15, 0.2) is 12.4 Å².